The molecular weight excluding hydrogens is 723 g/mol. The molecule has 0 spiro atoms. The van der Waals surface area contributed by atoms with Gasteiger partial charge in [-0.2, -0.15) is 0 Å². The summed E-state index contributed by atoms with van der Waals surface area (Å²) in [6, 6.07) is 5.02. The Morgan fingerprint density at radius 3 is 2.02 bits per heavy atom. The Kier molecular flexibility index (Phi) is 16.5. The van der Waals surface area contributed by atoms with Crippen LogP contribution in [0.1, 0.15) is 99.0 Å². The van der Waals surface area contributed by atoms with Gasteiger partial charge in [0, 0.05) is 45.7 Å². The maximum absolute atomic E-state index is 14.3. The molecule has 3 amide bonds. The maximum Gasteiger partial charge on any atom is 0.264 e. The van der Waals surface area contributed by atoms with E-state index >= 15 is 0 Å². The zero-order valence-corrected chi connectivity index (χ0v) is 36.1. The molecule has 2 aliphatic rings. The summed E-state index contributed by atoms with van der Waals surface area (Å²) in [4.78, 5) is 60.7. The highest BCUT2D eigenvalue weighted by Crippen LogP contribution is 2.42. The quantitative estimate of drug-likeness (QED) is 0.184. The van der Waals surface area contributed by atoms with Gasteiger partial charge >= 0.3 is 0 Å². The van der Waals surface area contributed by atoms with E-state index in [2.05, 4.69) is 4.72 Å². The van der Waals surface area contributed by atoms with Gasteiger partial charge in [-0.05, 0) is 75.2 Å². The number of likely N-dealkylation sites (N-methyl/N-ethyl adjacent to an activating group) is 2. The minimum Gasteiger partial charge on any atom is -0.379 e. The molecule has 0 bridgehead atoms. The number of hydrogen-bond donors (Lipinski definition) is 2. The van der Waals surface area contributed by atoms with E-state index in [1.165, 1.54) is 19.2 Å². The minimum absolute atomic E-state index is 0.0214. The van der Waals surface area contributed by atoms with Gasteiger partial charge in [0.2, 0.25) is 17.7 Å². The number of amides is 3. The van der Waals surface area contributed by atoms with E-state index in [1.54, 1.807) is 43.0 Å². The van der Waals surface area contributed by atoms with Crippen LogP contribution in [0.15, 0.2) is 29.2 Å². The van der Waals surface area contributed by atoms with Crippen molar-refractivity contribution in [3.05, 3.63) is 29.8 Å². The molecule has 1 saturated carbocycles. The average Bonchev–Trinajstić information content (AvgIpc) is 3.69. The van der Waals surface area contributed by atoms with Gasteiger partial charge < -0.3 is 25.0 Å². The third kappa shape index (κ3) is 11.1. The lowest BCUT2D eigenvalue weighted by Gasteiger charge is -2.41. The van der Waals surface area contributed by atoms with Gasteiger partial charge in [-0.1, -0.05) is 67.0 Å². The molecule has 1 saturated heterocycles. The number of nitrogens with one attached hydrogen (secondary N) is 1. The van der Waals surface area contributed by atoms with Crippen LogP contribution in [0.5, 0.6) is 0 Å². The van der Waals surface area contributed by atoms with Gasteiger partial charge in [-0.15, -0.1) is 0 Å². The largest absolute Gasteiger partial charge is 0.379 e. The van der Waals surface area contributed by atoms with Gasteiger partial charge in [-0.25, -0.2) is 13.1 Å². The predicted octanol–water partition coefficient (Wildman–Crippen LogP) is 4.18. The molecule has 1 aliphatic carbocycles. The van der Waals surface area contributed by atoms with Crippen LogP contribution >= 0.6 is 0 Å². The summed E-state index contributed by atoms with van der Waals surface area (Å²) < 4.78 is 40.5. The second kappa shape index (κ2) is 19.5. The van der Waals surface area contributed by atoms with Crippen LogP contribution in [0.4, 0.5) is 0 Å². The SMILES string of the molecule is CC[C@H](C)[C@@H]([C@@H](CC(=O)N1CCC[C@H]1[C@H](OC)[C@@H](C)C(=O)NS(=O)(=O)c1ccc(C2(N)CC2)cc1)OC)N(C)C(=O)C(CC(=O)C(C(C)C)N(C)C)C(C)C. The molecule has 1 aromatic carbocycles. The zero-order valence-electron chi connectivity index (χ0n) is 35.3. The summed E-state index contributed by atoms with van der Waals surface area (Å²) >= 11 is 0. The highest BCUT2D eigenvalue weighted by molar-refractivity contribution is 7.90. The van der Waals surface area contributed by atoms with Crippen molar-refractivity contribution in [1.29, 1.82) is 0 Å². The molecule has 14 heteroatoms. The topological polar surface area (TPSA) is 169 Å². The predicted molar refractivity (Wildman–Crippen MR) is 213 cm³/mol. The molecule has 2 unspecified atom stereocenters. The molecule has 1 aromatic rings. The van der Waals surface area contributed by atoms with E-state index in [9.17, 15) is 27.6 Å². The summed E-state index contributed by atoms with van der Waals surface area (Å²) in [5.74, 6) is -2.56. The van der Waals surface area contributed by atoms with Crippen LogP contribution in [-0.4, -0.2) is 119 Å². The first-order valence-electron chi connectivity index (χ1n) is 19.9. The van der Waals surface area contributed by atoms with Crippen molar-refractivity contribution in [3.63, 3.8) is 0 Å². The van der Waals surface area contributed by atoms with E-state index in [-0.39, 0.29) is 59.1 Å². The standard InChI is InChI=1S/C41H69N5O8S/c1-13-27(6)37(45(10)40(50)31(25(2)3)23-33(47)36(26(4)5)44(8)9)34(53-11)24-35(48)46-22-14-15-32(46)38(54-12)28(7)39(49)43-55(51,52)30-18-16-29(17-19-30)41(42)20-21-41/h16-19,25-28,31-32,34,36-38H,13-15,20-24,42H2,1-12H3,(H,43,49)/t27-,28+,31?,32-,34+,36?,37-,38+/m0/s1. The Hall–Kier alpha value is -2.91. The molecule has 55 heavy (non-hydrogen) atoms. The normalized spacial score (nSPS) is 20.8. The lowest BCUT2D eigenvalue weighted by Crippen LogP contribution is -2.54. The number of methoxy groups -OCH3 is 2. The highest BCUT2D eigenvalue weighted by Gasteiger charge is 2.44. The van der Waals surface area contributed by atoms with Gasteiger partial charge in [0.25, 0.3) is 10.0 Å². The van der Waals surface area contributed by atoms with E-state index in [0.717, 1.165) is 24.8 Å². The van der Waals surface area contributed by atoms with Crippen molar-refractivity contribution in [2.75, 3.05) is 41.9 Å². The molecule has 3 rings (SSSR count). The molecular formula is C41H69N5O8S. The summed E-state index contributed by atoms with van der Waals surface area (Å²) in [6.07, 6.45) is 2.31. The van der Waals surface area contributed by atoms with Crippen LogP contribution in [0.3, 0.4) is 0 Å². The van der Waals surface area contributed by atoms with Crippen molar-refractivity contribution >= 4 is 33.5 Å². The summed E-state index contributed by atoms with van der Waals surface area (Å²) in [5.41, 5.74) is 6.69. The Bertz CT molecular complexity index is 1570. The fourth-order valence-electron chi connectivity index (χ4n) is 8.44. The van der Waals surface area contributed by atoms with Crippen molar-refractivity contribution in [2.45, 2.75) is 134 Å². The van der Waals surface area contributed by atoms with Crippen molar-refractivity contribution in [2.24, 2.45) is 35.3 Å². The van der Waals surface area contributed by atoms with Crippen molar-refractivity contribution < 1.29 is 37.1 Å². The lowest BCUT2D eigenvalue weighted by molar-refractivity contribution is -0.149. The number of carbonyl (C=O) groups is 4. The van der Waals surface area contributed by atoms with E-state index in [0.29, 0.717) is 19.4 Å². The third-order valence-electron chi connectivity index (χ3n) is 12.1. The smallest absolute Gasteiger partial charge is 0.264 e. The molecule has 3 N–H and O–H groups in total. The fourth-order valence-corrected chi connectivity index (χ4v) is 9.51. The number of ether oxygens (including phenoxy) is 2. The van der Waals surface area contributed by atoms with Gasteiger partial charge in [0.1, 0.15) is 0 Å². The van der Waals surface area contributed by atoms with E-state index in [1.807, 2.05) is 60.5 Å². The van der Waals surface area contributed by atoms with Crippen LogP contribution in [0, 0.1) is 29.6 Å². The zero-order chi connectivity index (χ0) is 41.6. The van der Waals surface area contributed by atoms with Gasteiger partial charge in [0.05, 0.1) is 47.6 Å². The first-order valence-corrected chi connectivity index (χ1v) is 21.4. The first kappa shape index (κ1) is 46.5. The summed E-state index contributed by atoms with van der Waals surface area (Å²) in [6.45, 7) is 14.0. The number of Topliss-reactive ketones (excluding diaryl/α,β-unsaturated/α-hetero) is 1. The number of likely N-dealkylation sites (tertiary alicyclic amines) is 1. The van der Waals surface area contributed by atoms with Crippen molar-refractivity contribution in [1.82, 2.24) is 19.4 Å². The third-order valence-corrected chi connectivity index (χ3v) is 13.4. The minimum atomic E-state index is -4.17. The maximum atomic E-state index is 14.3. The number of benzene rings is 1. The van der Waals surface area contributed by atoms with Crippen LogP contribution < -0.4 is 10.5 Å². The number of carbonyl (C=O) groups excluding carboxylic acids is 4. The first-order chi connectivity index (χ1) is 25.6. The van der Waals surface area contributed by atoms with Crippen molar-refractivity contribution in [3.8, 4) is 0 Å². The number of sulfonamides is 1. The Labute approximate surface area is 330 Å². The number of rotatable bonds is 21. The number of ketones is 1. The highest BCUT2D eigenvalue weighted by atomic mass is 32.2. The molecule has 0 radical (unpaired) electrons. The van der Waals surface area contributed by atoms with E-state index < -0.39 is 57.6 Å². The Balaban J connectivity index is 1.77. The molecule has 1 heterocycles. The number of nitrogens with zero attached hydrogens (tertiary/aromatic N) is 3. The van der Waals surface area contributed by atoms with Gasteiger partial charge in [0.15, 0.2) is 5.78 Å². The molecule has 2 fully saturated rings. The molecule has 0 aromatic heterocycles. The fraction of sp³-hybridized carbons (Fsp3) is 0.756. The van der Waals surface area contributed by atoms with Crippen LogP contribution in [0.2, 0.25) is 0 Å². The second-order valence-electron chi connectivity index (χ2n) is 16.9. The molecule has 8 atom stereocenters. The second-order valence-corrected chi connectivity index (χ2v) is 18.6. The number of nitrogens with two attached hydrogens (primary N) is 1. The monoisotopic (exact) mass is 791 g/mol. The van der Waals surface area contributed by atoms with E-state index in [4.69, 9.17) is 15.2 Å². The number of hydrogen-bond acceptors (Lipinski definition) is 10. The van der Waals surface area contributed by atoms with Crippen LogP contribution in [-0.2, 0) is 44.2 Å². The Morgan fingerprint density at radius 2 is 1.55 bits per heavy atom. The summed E-state index contributed by atoms with van der Waals surface area (Å²) in [5, 5.41) is 0. The van der Waals surface area contributed by atoms with Crippen LogP contribution in [0.25, 0.3) is 0 Å². The Morgan fingerprint density at radius 1 is 0.945 bits per heavy atom. The lowest BCUT2D eigenvalue weighted by atomic mass is 9.83. The summed E-state index contributed by atoms with van der Waals surface area (Å²) in [7, 11) is 4.33. The average molecular weight is 792 g/mol. The molecule has 13 nitrogen and oxygen atoms in total. The van der Waals surface area contributed by atoms with Gasteiger partial charge in [-0.3, -0.25) is 24.1 Å². The molecule has 1 aliphatic heterocycles. The molecule has 312 valence electrons.